The second-order valence-corrected chi connectivity index (χ2v) is 16.4. The predicted octanol–water partition coefficient (Wildman–Crippen LogP) is 6.69. The Morgan fingerprint density at radius 3 is 1.96 bits per heavy atom. The van der Waals surface area contributed by atoms with Crippen molar-refractivity contribution in [3.05, 3.63) is 126 Å². The van der Waals surface area contributed by atoms with Gasteiger partial charge in [0.25, 0.3) is 0 Å². The highest BCUT2D eigenvalue weighted by atomic mass is 32.2. The minimum absolute atomic E-state index is 0.0265. The van der Waals surface area contributed by atoms with E-state index in [0.29, 0.717) is 11.3 Å². The molecule has 2 aliphatic rings. The fourth-order valence-electron chi connectivity index (χ4n) is 7.44. The number of ether oxygens (including phenoxy) is 1. The molecule has 0 N–H and O–H groups in total. The van der Waals surface area contributed by atoms with E-state index < -0.39 is 59.7 Å². The van der Waals surface area contributed by atoms with Gasteiger partial charge in [0.15, 0.2) is 19.7 Å². The molecule has 2 aliphatic carbocycles. The Morgan fingerprint density at radius 1 is 0.689 bits per heavy atom. The summed E-state index contributed by atoms with van der Waals surface area (Å²) in [5, 5.41) is -2.10. The maximum atomic E-state index is 15.4. The largest absolute Gasteiger partial charge is 0.497 e. The highest BCUT2D eigenvalue weighted by molar-refractivity contribution is 7.92. The lowest BCUT2D eigenvalue weighted by molar-refractivity contribution is -0.128. The standard InChI is InChI=1S/C36H35FO6S2/c1-23-12-18-27(19-13-23)45(41,42)36-31-20-29(24-14-16-25(43-2)17-15-24)35(44(39,40)26-8-4-3-5-9-26)22-30(31)34(38)21-32(36)28-10-6-7-11-33(28)37/h3-19,29-32,35-36H,20-22H2,1-2H3/t29-,30+,31-,32-,35?,36?/m0/s1. The zero-order valence-corrected chi connectivity index (χ0v) is 26.7. The lowest BCUT2D eigenvalue weighted by Gasteiger charge is -2.48. The molecule has 6 rings (SSSR count). The van der Waals surface area contributed by atoms with Crippen molar-refractivity contribution < 1.29 is 30.8 Å². The molecule has 0 spiro atoms. The number of ketones is 1. The number of halogens is 1. The summed E-state index contributed by atoms with van der Waals surface area (Å²) in [5.74, 6) is -3.31. The predicted molar refractivity (Wildman–Crippen MR) is 170 cm³/mol. The number of sulfone groups is 2. The van der Waals surface area contributed by atoms with Crippen LogP contribution >= 0.6 is 0 Å². The number of benzene rings is 4. The van der Waals surface area contributed by atoms with Gasteiger partial charge in [0, 0.05) is 24.2 Å². The van der Waals surface area contributed by atoms with E-state index in [2.05, 4.69) is 0 Å². The van der Waals surface area contributed by atoms with Gasteiger partial charge in [-0.05, 0) is 79.3 Å². The first kappa shape index (κ1) is 31.2. The average Bonchev–Trinajstić information content (AvgIpc) is 3.05. The molecular formula is C36H35FO6S2. The van der Waals surface area contributed by atoms with Gasteiger partial charge in [0.1, 0.15) is 17.3 Å². The first-order valence-electron chi connectivity index (χ1n) is 15.0. The second-order valence-electron chi connectivity index (χ2n) is 12.1. The van der Waals surface area contributed by atoms with E-state index in [1.165, 1.54) is 12.1 Å². The van der Waals surface area contributed by atoms with E-state index in [9.17, 15) is 21.6 Å². The summed E-state index contributed by atoms with van der Waals surface area (Å²) < 4.78 is 78.4. The van der Waals surface area contributed by atoms with Crippen LogP contribution in [-0.4, -0.2) is 40.2 Å². The molecule has 0 radical (unpaired) electrons. The minimum atomic E-state index is -4.10. The van der Waals surface area contributed by atoms with Crippen molar-refractivity contribution in [2.75, 3.05) is 7.11 Å². The molecule has 0 saturated heterocycles. The van der Waals surface area contributed by atoms with Crippen LogP contribution in [0, 0.1) is 24.6 Å². The Labute approximate surface area is 264 Å². The molecule has 6 nitrogen and oxygen atoms in total. The fraction of sp³-hybridized carbons (Fsp3) is 0.306. The first-order chi connectivity index (χ1) is 21.5. The van der Waals surface area contributed by atoms with Crippen LogP contribution in [0.5, 0.6) is 5.75 Å². The maximum Gasteiger partial charge on any atom is 0.182 e. The molecule has 234 valence electrons. The Hall–Kier alpha value is -3.82. The van der Waals surface area contributed by atoms with Crippen LogP contribution in [0.25, 0.3) is 0 Å². The van der Waals surface area contributed by atoms with Crippen LogP contribution in [-0.2, 0) is 24.5 Å². The van der Waals surface area contributed by atoms with Gasteiger partial charge in [-0.15, -0.1) is 0 Å². The number of hydrogen-bond donors (Lipinski definition) is 0. The van der Waals surface area contributed by atoms with E-state index >= 15 is 4.39 Å². The third-order valence-electron chi connectivity index (χ3n) is 9.66. The van der Waals surface area contributed by atoms with Crippen LogP contribution < -0.4 is 4.74 Å². The third-order valence-corrected chi connectivity index (χ3v) is 14.2. The summed E-state index contributed by atoms with van der Waals surface area (Å²) in [6.07, 6.45) is -0.0926. The first-order valence-corrected chi connectivity index (χ1v) is 18.1. The SMILES string of the molecule is COc1ccc([C@@H]2C[C@@H]3C(S(=O)(=O)c4ccc(C)cc4)[C@H](c4ccccc4F)CC(=O)[C@@H]3CC2S(=O)(=O)c2ccccc2)cc1. The highest BCUT2D eigenvalue weighted by Crippen LogP contribution is 2.54. The summed E-state index contributed by atoms with van der Waals surface area (Å²) in [6.45, 7) is 1.86. The van der Waals surface area contributed by atoms with Crippen LogP contribution in [0.1, 0.15) is 47.8 Å². The summed E-state index contributed by atoms with van der Waals surface area (Å²) in [5.41, 5.74) is 1.79. The Balaban J connectivity index is 1.52. The minimum Gasteiger partial charge on any atom is -0.497 e. The van der Waals surface area contributed by atoms with Crippen molar-refractivity contribution in [3.8, 4) is 5.75 Å². The number of hydrogen-bond acceptors (Lipinski definition) is 6. The monoisotopic (exact) mass is 646 g/mol. The molecule has 45 heavy (non-hydrogen) atoms. The summed E-state index contributed by atoms with van der Waals surface area (Å²) in [6, 6.07) is 27.9. The van der Waals surface area contributed by atoms with Crippen molar-refractivity contribution in [3.63, 3.8) is 0 Å². The quantitative estimate of drug-likeness (QED) is 0.222. The van der Waals surface area contributed by atoms with Crippen LogP contribution in [0.2, 0.25) is 0 Å². The van der Waals surface area contributed by atoms with Crippen molar-refractivity contribution in [2.24, 2.45) is 11.8 Å². The number of aryl methyl sites for hydroxylation is 1. The summed E-state index contributed by atoms with van der Waals surface area (Å²) >= 11 is 0. The molecule has 4 aromatic rings. The normalized spacial score (nSPS) is 25.4. The molecule has 0 amide bonds. The number of Topliss-reactive ketones (excluding diaryl/α,β-unsaturated/α-hetero) is 1. The van der Waals surface area contributed by atoms with Crippen LogP contribution in [0.3, 0.4) is 0 Å². The number of carbonyl (C=O) groups is 1. The van der Waals surface area contributed by atoms with E-state index in [1.807, 2.05) is 6.92 Å². The van der Waals surface area contributed by atoms with E-state index in [1.54, 1.807) is 98.1 Å². The van der Waals surface area contributed by atoms with Gasteiger partial charge in [-0.1, -0.05) is 66.2 Å². The topological polar surface area (TPSA) is 94.6 Å². The molecule has 0 aromatic heterocycles. The molecule has 0 bridgehead atoms. The van der Waals surface area contributed by atoms with Gasteiger partial charge in [0.2, 0.25) is 0 Å². The lowest BCUT2D eigenvalue weighted by atomic mass is 9.61. The van der Waals surface area contributed by atoms with Crippen LogP contribution in [0.4, 0.5) is 4.39 Å². The summed E-state index contributed by atoms with van der Waals surface area (Å²) in [4.78, 5) is 14.2. The zero-order chi connectivity index (χ0) is 31.9. The number of carbonyl (C=O) groups excluding carboxylic acids is 1. The molecule has 0 aliphatic heterocycles. The number of fused-ring (bicyclic) bond motifs is 1. The van der Waals surface area contributed by atoms with Gasteiger partial charge >= 0.3 is 0 Å². The molecule has 4 aromatic carbocycles. The highest BCUT2D eigenvalue weighted by Gasteiger charge is 2.56. The number of rotatable bonds is 7. The maximum absolute atomic E-state index is 15.4. The molecule has 2 unspecified atom stereocenters. The Kier molecular flexibility index (Phi) is 8.43. The molecule has 9 heteroatoms. The zero-order valence-electron chi connectivity index (χ0n) is 25.0. The fourth-order valence-corrected chi connectivity index (χ4v) is 11.8. The molecule has 2 saturated carbocycles. The van der Waals surface area contributed by atoms with Crippen molar-refractivity contribution >= 4 is 25.5 Å². The van der Waals surface area contributed by atoms with Crippen molar-refractivity contribution in [1.82, 2.24) is 0 Å². The van der Waals surface area contributed by atoms with Crippen molar-refractivity contribution in [1.29, 1.82) is 0 Å². The molecular weight excluding hydrogens is 612 g/mol. The van der Waals surface area contributed by atoms with E-state index in [0.717, 1.165) is 5.56 Å². The van der Waals surface area contributed by atoms with Crippen LogP contribution in [0.15, 0.2) is 113 Å². The van der Waals surface area contributed by atoms with E-state index in [4.69, 9.17) is 4.74 Å². The van der Waals surface area contributed by atoms with Gasteiger partial charge in [-0.3, -0.25) is 4.79 Å². The van der Waals surface area contributed by atoms with Gasteiger partial charge in [0.05, 0.1) is 27.4 Å². The average molecular weight is 647 g/mol. The van der Waals surface area contributed by atoms with E-state index in [-0.39, 0.29) is 40.4 Å². The second kappa shape index (κ2) is 12.2. The van der Waals surface area contributed by atoms with Gasteiger partial charge < -0.3 is 4.74 Å². The summed E-state index contributed by atoms with van der Waals surface area (Å²) in [7, 11) is -6.48. The van der Waals surface area contributed by atoms with Gasteiger partial charge in [-0.25, -0.2) is 21.2 Å². The Bertz CT molecular complexity index is 1910. The van der Waals surface area contributed by atoms with Crippen molar-refractivity contribution in [2.45, 2.75) is 58.3 Å². The molecule has 2 fully saturated rings. The smallest absolute Gasteiger partial charge is 0.182 e. The third kappa shape index (κ3) is 5.72. The number of methoxy groups -OCH3 is 1. The lowest BCUT2D eigenvalue weighted by Crippen LogP contribution is -2.53. The Morgan fingerprint density at radius 2 is 1.31 bits per heavy atom. The molecule has 0 heterocycles. The van der Waals surface area contributed by atoms with Gasteiger partial charge in [-0.2, -0.15) is 0 Å². The molecule has 6 atom stereocenters.